The van der Waals surface area contributed by atoms with Crippen molar-refractivity contribution in [3.05, 3.63) is 58.6 Å². The van der Waals surface area contributed by atoms with Gasteiger partial charge < -0.3 is 10.1 Å². The van der Waals surface area contributed by atoms with Crippen LogP contribution < -0.4 is 10.1 Å². The third-order valence-corrected chi connectivity index (χ3v) is 5.21. The van der Waals surface area contributed by atoms with Gasteiger partial charge in [-0.2, -0.15) is 0 Å². The van der Waals surface area contributed by atoms with Gasteiger partial charge in [-0.25, -0.2) is 8.42 Å². The quantitative estimate of drug-likeness (QED) is 0.812. The van der Waals surface area contributed by atoms with Crippen molar-refractivity contribution in [2.24, 2.45) is 0 Å². The minimum absolute atomic E-state index is 0.250. The molecule has 0 saturated carbocycles. The number of ether oxygens (including phenoxy) is 1. The number of benzene rings is 2. The van der Waals surface area contributed by atoms with E-state index in [9.17, 15) is 13.2 Å². The molecule has 0 aliphatic carbocycles. The number of carbonyl (C=O) groups excluding carboxylic acids is 1. The third-order valence-electron chi connectivity index (χ3n) is 3.07. The van der Waals surface area contributed by atoms with E-state index < -0.39 is 21.5 Å². The lowest BCUT2D eigenvalue weighted by Crippen LogP contribution is -2.24. The lowest BCUT2D eigenvalue weighted by atomic mass is 10.2. The van der Waals surface area contributed by atoms with Crippen LogP contribution in [0.2, 0.25) is 0 Å². The summed E-state index contributed by atoms with van der Waals surface area (Å²) in [6.45, 7) is 0. The number of methoxy groups -OCH3 is 1. The van der Waals surface area contributed by atoms with E-state index >= 15 is 0 Å². The molecule has 7 heteroatoms. The summed E-state index contributed by atoms with van der Waals surface area (Å²) in [6.07, 6.45) is 0. The van der Waals surface area contributed by atoms with Crippen molar-refractivity contribution in [3.8, 4) is 5.75 Å². The van der Waals surface area contributed by atoms with Gasteiger partial charge in [0.05, 0.1) is 18.6 Å². The molecule has 2 rings (SSSR count). The van der Waals surface area contributed by atoms with Crippen LogP contribution in [-0.2, 0) is 20.4 Å². The normalized spacial score (nSPS) is 11.0. The first-order chi connectivity index (χ1) is 10.9. The molecule has 0 bridgehead atoms. The van der Waals surface area contributed by atoms with Gasteiger partial charge in [0.15, 0.2) is 9.84 Å². The monoisotopic (exact) mass is 397 g/mol. The lowest BCUT2D eigenvalue weighted by Gasteiger charge is -2.10. The molecule has 0 saturated heterocycles. The second-order valence-corrected chi connectivity index (χ2v) is 7.79. The van der Waals surface area contributed by atoms with E-state index in [-0.39, 0.29) is 5.75 Å². The number of hydrogen-bond acceptors (Lipinski definition) is 4. The fraction of sp³-hybridized carbons (Fsp3) is 0.188. The Balaban J connectivity index is 2.06. The molecular formula is C16H16BrNO4S. The number of amides is 1. The SMILES string of the molecule is COc1ccccc1CS(=O)(=O)CC(=O)Nc1ccccc1Br. The molecule has 0 aliphatic rings. The highest BCUT2D eigenvalue weighted by molar-refractivity contribution is 9.10. The van der Waals surface area contributed by atoms with Crippen LogP contribution in [0.5, 0.6) is 5.75 Å². The van der Waals surface area contributed by atoms with Crippen LogP contribution in [0.1, 0.15) is 5.56 Å². The number of carbonyl (C=O) groups is 1. The molecule has 0 spiro atoms. The fourth-order valence-electron chi connectivity index (χ4n) is 2.06. The molecule has 0 atom stereocenters. The van der Waals surface area contributed by atoms with Crippen molar-refractivity contribution >= 4 is 37.4 Å². The topological polar surface area (TPSA) is 72.5 Å². The fourth-order valence-corrected chi connectivity index (χ4v) is 3.73. The van der Waals surface area contributed by atoms with Crippen LogP contribution in [0.4, 0.5) is 5.69 Å². The molecule has 2 aromatic carbocycles. The molecule has 0 aromatic heterocycles. The molecule has 0 unspecified atom stereocenters. The largest absolute Gasteiger partial charge is 0.496 e. The standard InChI is InChI=1S/C16H16BrNO4S/c1-22-15-9-5-2-6-12(15)10-23(20,21)11-16(19)18-14-8-4-3-7-13(14)17/h2-9H,10-11H2,1H3,(H,18,19). The summed E-state index contributed by atoms with van der Waals surface area (Å²) in [5.41, 5.74) is 1.06. The summed E-state index contributed by atoms with van der Waals surface area (Å²) >= 11 is 3.30. The Kier molecular flexibility index (Phi) is 5.79. The van der Waals surface area contributed by atoms with Gasteiger partial charge in [0.2, 0.25) is 5.91 Å². The van der Waals surface area contributed by atoms with E-state index in [2.05, 4.69) is 21.2 Å². The Bertz CT molecular complexity index is 805. The number of rotatable bonds is 6. The zero-order valence-electron chi connectivity index (χ0n) is 12.5. The average Bonchev–Trinajstić information content (AvgIpc) is 2.49. The van der Waals surface area contributed by atoms with E-state index in [0.29, 0.717) is 21.5 Å². The van der Waals surface area contributed by atoms with Crippen molar-refractivity contribution in [3.63, 3.8) is 0 Å². The molecule has 0 aliphatic heterocycles. The van der Waals surface area contributed by atoms with Gasteiger partial charge in [0.1, 0.15) is 11.5 Å². The van der Waals surface area contributed by atoms with Crippen LogP contribution in [0.3, 0.4) is 0 Å². The highest BCUT2D eigenvalue weighted by atomic mass is 79.9. The predicted molar refractivity (Wildman–Crippen MR) is 93.3 cm³/mol. The molecule has 1 N–H and O–H groups in total. The van der Waals surface area contributed by atoms with Crippen LogP contribution in [0.25, 0.3) is 0 Å². The Hall–Kier alpha value is -1.86. The number of anilines is 1. The zero-order chi connectivity index (χ0) is 16.9. The third kappa shape index (κ3) is 5.07. The molecule has 122 valence electrons. The van der Waals surface area contributed by atoms with Gasteiger partial charge in [-0.15, -0.1) is 0 Å². The van der Waals surface area contributed by atoms with E-state index in [1.807, 2.05) is 0 Å². The van der Waals surface area contributed by atoms with Gasteiger partial charge >= 0.3 is 0 Å². The number of hydrogen-bond donors (Lipinski definition) is 1. The smallest absolute Gasteiger partial charge is 0.239 e. The Morgan fingerprint density at radius 1 is 1.13 bits per heavy atom. The predicted octanol–water partition coefficient (Wildman–Crippen LogP) is 3.01. The molecule has 0 fully saturated rings. The first kappa shape index (κ1) is 17.5. The van der Waals surface area contributed by atoms with Crippen LogP contribution in [0, 0.1) is 0 Å². The zero-order valence-corrected chi connectivity index (χ0v) is 14.9. The second-order valence-electron chi connectivity index (χ2n) is 4.87. The molecule has 0 heterocycles. The molecule has 23 heavy (non-hydrogen) atoms. The van der Waals surface area contributed by atoms with E-state index in [1.54, 1.807) is 48.5 Å². The first-order valence-corrected chi connectivity index (χ1v) is 9.39. The van der Waals surface area contributed by atoms with Gasteiger partial charge in [-0.1, -0.05) is 30.3 Å². The number of halogens is 1. The Morgan fingerprint density at radius 2 is 1.78 bits per heavy atom. The van der Waals surface area contributed by atoms with Crippen molar-refractivity contribution in [2.45, 2.75) is 5.75 Å². The van der Waals surface area contributed by atoms with Gasteiger partial charge in [0, 0.05) is 10.0 Å². The molecule has 2 aromatic rings. The van der Waals surface area contributed by atoms with Crippen LogP contribution >= 0.6 is 15.9 Å². The number of nitrogens with one attached hydrogen (secondary N) is 1. The molecular weight excluding hydrogens is 382 g/mol. The molecule has 5 nitrogen and oxygen atoms in total. The van der Waals surface area contributed by atoms with Crippen molar-refractivity contribution in [1.82, 2.24) is 0 Å². The highest BCUT2D eigenvalue weighted by Gasteiger charge is 2.19. The molecule has 1 amide bonds. The van der Waals surface area contributed by atoms with Gasteiger partial charge in [-0.05, 0) is 34.1 Å². The van der Waals surface area contributed by atoms with E-state index in [4.69, 9.17) is 4.74 Å². The first-order valence-electron chi connectivity index (χ1n) is 6.78. The minimum atomic E-state index is -3.61. The summed E-state index contributed by atoms with van der Waals surface area (Å²) in [5.74, 6) is -0.929. The van der Waals surface area contributed by atoms with Crippen molar-refractivity contribution in [1.29, 1.82) is 0 Å². The maximum Gasteiger partial charge on any atom is 0.239 e. The Morgan fingerprint density at radius 3 is 2.48 bits per heavy atom. The minimum Gasteiger partial charge on any atom is -0.496 e. The van der Waals surface area contributed by atoms with Gasteiger partial charge in [0.25, 0.3) is 0 Å². The lowest BCUT2D eigenvalue weighted by molar-refractivity contribution is -0.113. The summed E-state index contributed by atoms with van der Waals surface area (Å²) in [7, 11) is -2.13. The van der Waals surface area contributed by atoms with E-state index in [0.717, 1.165) is 0 Å². The summed E-state index contributed by atoms with van der Waals surface area (Å²) < 4.78 is 30.3. The highest BCUT2D eigenvalue weighted by Crippen LogP contribution is 2.22. The summed E-state index contributed by atoms with van der Waals surface area (Å²) in [5, 5.41) is 2.58. The maximum atomic E-state index is 12.2. The number of para-hydroxylation sites is 2. The molecule has 0 radical (unpaired) electrons. The van der Waals surface area contributed by atoms with E-state index in [1.165, 1.54) is 7.11 Å². The van der Waals surface area contributed by atoms with Crippen LogP contribution in [0.15, 0.2) is 53.0 Å². The second kappa shape index (κ2) is 7.61. The average molecular weight is 398 g/mol. The summed E-state index contributed by atoms with van der Waals surface area (Å²) in [6, 6.07) is 13.9. The van der Waals surface area contributed by atoms with Crippen LogP contribution in [-0.4, -0.2) is 27.2 Å². The van der Waals surface area contributed by atoms with Crippen molar-refractivity contribution in [2.75, 3.05) is 18.2 Å². The Labute approximate surface area is 143 Å². The number of sulfone groups is 1. The van der Waals surface area contributed by atoms with Gasteiger partial charge in [-0.3, -0.25) is 4.79 Å². The summed E-state index contributed by atoms with van der Waals surface area (Å²) in [4.78, 5) is 12.0. The maximum absolute atomic E-state index is 12.2. The van der Waals surface area contributed by atoms with Crippen molar-refractivity contribution < 1.29 is 17.9 Å².